The standard InChI is InChI=1S/C24H25Cl2F3N2O3/c1-23(2,3)34-22(33)31-11-10-20(17(13-31)14-4-7-16(25)8-5-14)30-21(32)15-6-9-19(26)18(12-15)24(27,28)29/h4-9,12,17,20H,10-11,13H2,1-3H3,(H,30,32)/t17-,20?/m0/s1. The predicted octanol–water partition coefficient (Wildman–Crippen LogP) is 6.54. The molecule has 2 aromatic rings. The van der Waals surface area contributed by atoms with Gasteiger partial charge in [-0.15, -0.1) is 0 Å². The van der Waals surface area contributed by atoms with Gasteiger partial charge in [-0.3, -0.25) is 4.79 Å². The summed E-state index contributed by atoms with van der Waals surface area (Å²) in [4.78, 5) is 27.1. The Morgan fingerprint density at radius 2 is 1.71 bits per heavy atom. The normalized spacial score (nSPS) is 19.0. The number of amides is 2. The summed E-state index contributed by atoms with van der Waals surface area (Å²) in [5, 5.41) is 2.90. The van der Waals surface area contributed by atoms with Crippen LogP contribution in [0.2, 0.25) is 10.0 Å². The number of ether oxygens (including phenoxy) is 1. The molecule has 3 rings (SSSR count). The third-order valence-electron chi connectivity index (χ3n) is 5.41. The van der Waals surface area contributed by atoms with Crippen LogP contribution in [0.15, 0.2) is 42.5 Å². The minimum atomic E-state index is -4.68. The zero-order chi connectivity index (χ0) is 25.3. The highest BCUT2D eigenvalue weighted by Crippen LogP contribution is 2.35. The predicted molar refractivity (Wildman–Crippen MR) is 124 cm³/mol. The largest absolute Gasteiger partial charge is 0.444 e. The molecule has 0 radical (unpaired) electrons. The van der Waals surface area contributed by atoms with Gasteiger partial charge in [-0.05, 0) is 63.1 Å². The fourth-order valence-corrected chi connectivity index (χ4v) is 4.15. The Labute approximate surface area is 206 Å². The van der Waals surface area contributed by atoms with Gasteiger partial charge in [0.1, 0.15) is 5.60 Å². The molecule has 34 heavy (non-hydrogen) atoms. The van der Waals surface area contributed by atoms with Crippen molar-refractivity contribution < 1.29 is 27.5 Å². The van der Waals surface area contributed by atoms with E-state index in [0.29, 0.717) is 18.0 Å². The van der Waals surface area contributed by atoms with Crippen LogP contribution >= 0.6 is 23.2 Å². The third-order valence-corrected chi connectivity index (χ3v) is 5.99. The molecule has 2 atom stereocenters. The second kappa shape index (κ2) is 10.0. The number of carbonyl (C=O) groups excluding carboxylic acids is 2. The number of piperidine rings is 1. The molecule has 5 nitrogen and oxygen atoms in total. The zero-order valence-electron chi connectivity index (χ0n) is 18.9. The van der Waals surface area contributed by atoms with Crippen LogP contribution in [0, 0.1) is 0 Å². The molecular formula is C24H25Cl2F3N2O3. The maximum absolute atomic E-state index is 13.2. The molecule has 0 aromatic heterocycles. The SMILES string of the molecule is CC(C)(C)OC(=O)N1CCC(NC(=O)c2ccc(Cl)c(C(F)(F)F)c2)[C@H](c2ccc(Cl)cc2)C1. The van der Waals surface area contributed by atoms with Gasteiger partial charge in [0.25, 0.3) is 5.91 Å². The van der Waals surface area contributed by atoms with Gasteiger partial charge in [-0.1, -0.05) is 35.3 Å². The van der Waals surface area contributed by atoms with Crippen molar-refractivity contribution in [2.45, 2.75) is 50.9 Å². The Kier molecular flexibility index (Phi) is 7.72. The molecule has 2 amide bonds. The fraction of sp³-hybridized carbons (Fsp3) is 0.417. The van der Waals surface area contributed by atoms with E-state index in [4.69, 9.17) is 27.9 Å². The number of benzene rings is 2. The summed E-state index contributed by atoms with van der Waals surface area (Å²) in [7, 11) is 0. The van der Waals surface area contributed by atoms with Crippen molar-refractivity contribution in [1.29, 1.82) is 0 Å². The summed E-state index contributed by atoms with van der Waals surface area (Å²) in [6.45, 7) is 5.90. The molecule has 1 aliphatic heterocycles. The van der Waals surface area contributed by atoms with Crippen molar-refractivity contribution in [3.05, 3.63) is 69.2 Å². The fourth-order valence-electron chi connectivity index (χ4n) is 3.80. The van der Waals surface area contributed by atoms with Crippen LogP contribution < -0.4 is 5.32 Å². The first kappa shape index (κ1) is 26.2. The van der Waals surface area contributed by atoms with Crippen LogP contribution in [0.4, 0.5) is 18.0 Å². The first-order valence-electron chi connectivity index (χ1n) is 10.7. The van der Waals surface area contributed by atoms with E-state index in [-0.39, 0.29) is 18.0 Å². The van der Waals surface area contributed by atoms with Crippen LogP contribution in [0.5, 0.6) is 0 Å². The molecule has 10 heteroatoms. The molecule has 0 aliphatic carbocycles. The van der Waals surface area contributed by atoms with Crippen LogP contribution in [0.3, 0.4) is 0 Å². The first-order valence-corrected chi connectivity index (χ1v) is 11.4. The van der Waals surface area contributed by atoms with Crippen LogP contribution in [-0.2, 0) is 10.9 Å². The summed E-state index contributed by atoms with van der Waals surface area (Å²) in [5.74, 6) is -0.978. The molecule has 2 aromatic carbocycles. The Bertz CT molecular complexity index is 1050. The first-order chi connectivity index (χ1) is 15.7. The van der Waals surface area contributed by atoms with E-state index < -0.39 is 40.4 Å². The van der Waals surface area contributed by atoms with Crippen LogP contribution in [-0.4, -0.2) is 41.6 Å². The quantitative estimate of drug-likeness (QED) is 0.504. The van der Waals surface area contributed by atoms with Gasteiger partial charge in [-0.25, -0.2) is 4.79 Å². The minimum Gasteiger partial charge on any atom is -0.444 e. The van der Waals surface area contributed by atoms with Crippen molar-refractivity contribution >= 4 is 35.2 Å². The number of hydrogen-bond donors (Lipinski definition) is 1. The van der Waals surface area contributed by atoms with Crippen molar-refractivity contribution in [3.63, 3.8) is 0 Å². The number of alkyl halides is 3. The van der Waals surface area contributed by atoms with E-state index in [1.807, 2.05) is 0 Å². The smallest absolute Gasteiger partial charge is 0.417 e. The van der Waals surface area contributed by atoms with Gasteiger partial charge in [-0.2, -0.15) is 13.2 Å². The summed E-state index contributed by atoms with van der Waals surface area (Å²) < 4.78 is 45.2. The van der Waals surface area contributed by atoms with E-state index in [1.165, 1.54) is 6.07 Å². The molecule has 0 saturated carbocycles. The lowest BCUT2D eigenvalue weighted by Gasteiger charge is -2.39. The second-order valence-electron chi connectivity index (χ2n) is 9.15. The number of halogens is 5. The Morgan fingerprint density at radius 1 is 1.06 bits per heavy atom. The zero-order valence-corrected chi connectivity index (χ0v) is 20.4. The molecule has 0 bridgehead atoms. The van der Waals surface area contributed by atoms with E-state index in [9.17, 15) is 22.8 Å². The topological polar surface area (TPSA) is 58.6 Å². The lowest BCUT2D eigenvalue weighted by atomic mass is 9.86. The third kappa shape index (κ3) is 6.57. The van der Waals surface area contributed by atoms with Gasteiger partial charge < -0.3 is 15.0 Å². The summed E-state index contributed by atoms with van der Waals surface area (Å²) in [6.07, 6.45) is -4.76. The van der Waals surface area contributed by atoms with E-state index in [0.717, 1.165) is 17.7 Å². The minimum absolute atomic E-state index is 0.152. The number of nitrogens with zero attached hydrogens (tertiary/aromatic N) is 1. The maximum atomic E-state index is 13.2. The molecular weight excluding hydrogens is 492 g/mol. The lowest BCUT2D eigenvalue weighted by molar-refractivity contribution is -0.137. The molecule has 1 aliphatic rings. The van der Waals surface area contributed by atoms with Gasteiger partial charge in [0.2, 0.25) is 0 Å². The average molecular weight is 517 g/mol. The van der Waals surface area contributed by atoms with E-state index >= 15 is 0 Å². The molecule has 1 fully saturated rings. The molecule has 1 unspecified atom stereocenters. The van der Waals surface area contributed by atoms with Gasteiger partial charge in [0, 0.05) is 35.6 Å². The van der Waals surface area contributed by atoms with Gasteiger partial charge in [0.05, 0.1) is 10.6 Å². The average Bonchev–Trinajstić information content (AvgIpc) is 2.73. The number of hydrogen-bond acceptors (Lipinski definition) is 3. The number of carbonyl (C=O) groups is 2. The Morgan fingerprint density at radius 3 is 2.29 bits per heavy atom. The van der Waals surface area contributed by atoms with Crippen molar-refractivity contribution in [2.24, 2.45) is 0 Å². The highest BCUT2D eigenvalue weighted by molar-refractivity contribution is 6.31. The highest BCUT2D eigenvalue weighted by Gasteiger charge is 2.37. The number of likely N-dealkylation sites (tertiary alicyclic amines) is 1. The van der Waals surface area contributed by atoms with E-state index in [2.05, 4.69) is 5.32 Å². The molecule has 0 spiro atoms. The number of rotatable bonds is 3. The summed E-state index contributed by atoms with van der Waals surface area (Å²) in [5.41, 5.74) is -1.06. The molecule has 1 heterocycles. The lowest BCUT2D eigenvalue weighted by Crippen LogP contribution is -2.52. The Hall–Kier alpha value is -2.45. The van der Waals surface area contributed by atoms with Crippen molar-refractivity contribution in [2.75, 3.05) is 13.1 Å². The molecule has 1 saturated heterocycles. The van der Waals surface area contributed by atoms with Crippen LogP contribution in [0.1, 0.15) is 54.6 Å². The monoisotopic (exact) mass is 516 g/mol. The summed E-state index contributed by atoms with van der Waals surface area (Å²) >= 11 is 11.7. The number of nitrogens with one attached hydrogen (secondary N) is 1. The van der Waals surface area contributed by atoms with Crippen molar-refractivity contribution in [1.82, 2.24) is 10.2 Å². The van der Waals surface area contributed by atoms with Gasteiger partial charge >= 0.3 is 12.3 Å². The molecule has 1 N–H and O–H groups in total. The highest BCUT2D eigenvalue weighted by atomic mass is 35.5. The van der Waals surface area contributed by atoms with Crippen LogP contribution in [0.25, 0.3) is 0 Å². The summed E-state index contributed by atoms with van der Waals surface area (Å²) in [6, 6.07) is 9.63. The molecule has 184 valence electrons. The van der Waals surface area contributed by atoms with E-state index in [1.54, 1.807) is 49.9 Å². The maximum Gasteiger partial charge on any atom is 0.417 e. The van der Waals surface area contributed by atoms with Crippen molar-refractivity contribution in [3.8, 4) is 0 Å². The second-order valence-corrected chi connectivity index (χ2v) is 9.99. The van der Waals surface area contributed by atoms with Gasteiger partial charge in [0.15, 0.2) is 0 Å². The Balaban J connectivity index is 1.84.